The first-order valence-electron chi connectivity index (χ1n) is 11.3. The predicted molar refractivity (Wildman–Crippen MR) is 127 cm³/mol. The fourth-order valence-electron chi connectivity index (χ4n) is 4.28. The van der Waals surface area contributed by atoms with Crippen molar-refractivity contribution in [2.24, 2.45) is 0 Å². The Balaban J connectivity index is 1.48. The third-order valence-electron chi connectivity index (χ3n) is 6.07. The number of carbonyl (C=O) groups excluding carboxylic acids is 1. The van der Waals surface area contributed by atoms with Gasteiger partial charge < -0.3 is 10.1 Å². The van der Waals surface area contributed by atoms with Gasteiger partial charge in [0.1, 0.15) is 0 Å². The van der Waals surface area contributed by atoms with Crippen LogP contribution in [0.4, 0.5) is 18.9 Å². The lowest BCUT2D eigenvalue weighted by Gasteiger charge is -2.29. The lowest BCUT2D eigenvalue weighted by molar-refractivity contribution is -0.137. The van der Waals surface area contributed by atoms with Gasteiger partial charge in [0.15, 0.2) is 0 Å². The minimum absolute atomic E-state index is 0.299. The first kappa shape index (κ1) is 24.0. The van der Waals surface area contributed by atoms with Crippen molar-refractivity contribution in [1.82, 2.24) is 4.90 Å². The molecule has 1 aliphatic heterocycles. The van der Waals surface area contributed by atoms with E-state index < -0.39 is 11.7 Å². The molecular formula is C27H27F3N2O2. The molecule has 7 heteroatoms. The summed E-state index contributed by atoms with van der Waals surface area (Å²) in [6.07, 6.45) is -2.49. The molecule has 0 fully saturated rings. The second-order valence-electron chi connectivity index (χ2n) is 8.43. The molecule has 0 spiro atoms. The van der Waals surface area contributed by atoms with Crippen LogP contribution >= 0.6 is 0 Å². The molecule has 1 amide bonds. The summed E-state index contributed by atoms with van der Waals surface area (Å²) in [7, 11) is 1.71. The Morgan fingerprint density at radius 1 is 1.03 bits per heavy atom. The summed E-state index contributed by atoms with van der Waals surface area (Å²) in [5.41, 5.74) is 4.01. The lowest BCUT2D eigenvalue weighted by atomic mass is 9.97. The molecule has 34 heavy (non-hydrogen) atoms. The Morgan fingerprint density at radius 2 is 1.79 bits per heavy atom. The molecule has 178 valence electrons. The fourth-order valence-corrected chi connectivity index (χ4v) is 4.28. The number of nitrogens with zero attached hydrogens (tertiary/aromatic N) is 1. The van der Waals surface area contributed by atoms with E-state index in [4.69, 9.17) is 4.74 Å². The highest BCUT2D eigenvalue weighted by Crippen LogP contribution is 2.32. The van der Waals surface area contributed by atoms with Crippen molar-refractivity contribution in [3.05, 3.63) is 89.0 Å². The molecule has 0 aliphatic carbocycles. The van der Waals surface area contributed by atoms with E-state index in [2.05, 4.69) is 16.3 Å². The predicted octanol–water partition coefficient (Wildman–Crippen LogP) is 6.02. The molecule has 4 rings (SSSR count). The summed E-state index contributed by atoms with van der Waals surface area (Å²) in [5, 5.41) is 2.96. The highest BCUT2D eigenvalue weighted by atomic mass is 19.4. The minimum atomic E-state index is -4.40. The second kappa shape index (κ2) is 10.4. The van der Waals surface area contributed by atoms with Gasteiger partial charge in [-0.25, -0.2) is 0 Å². The van der Waals surface area contributed by atoms with E-state index in [9.17, 15) is 18.0 Å². The quantitative estimate of drug-likeness (QED) is 0.431. The van der Waals surface area contributed by atoms with Crippen LogP contribution in [0, 0.1) is 0 Å². The summed E-state index contributed by atoms with van der Waals surface area (Å²) in [6, 6.07) is 17.7. The van der Waals surface area contributed by atoms with Gasteiger partial charge in [-0.05, 0) is 65.4 Å². The van der Waals surface area contributed by atoms with Crippen LogP contribution in [0.25, 0.3) is 11.1 Å². The van der Waals surface area contributed by atoms with E-state index >= 15 is 0 Å². The third kappa shape index (κ3) is 5.66. The number of benzene rings is 3. The number of methoxy groups -OCH3 is 1. The summed E-state index contributed by atoms with van der Waals surface area (Å²) >= 11 is 0. The van der Waals surface area contributed by atoms with Crippen LogP contribution in [0.2, 0.25) is 0 Å². The molecule has 0 aromatic heterocycles. The number of alkyl halides is 3. The molecule has 3 aromatic carbocycles. The maximum Gasteiger partial charge on any atom is 0.416 e. The molecule has 0 saturated heterocycles. The molecule has 0 bridgehead atoms. The van der Waals surface area contributed by atoms with Crippen molar-refractivity contribution in [3.8, 4) is 11.1 Å². The molecule has 1 heterocycles. The Bertz CT molecular complexity index is 1140. The lowest BCUT2D eigenvalue weighted by Crippen LogP contribution is -2.31. The smallest absolute Gasteiger partial charge is 0.385 e. The molecule has 3 aromatic rings. The average molecular weight is 469 g/mol. The van der Waals surface area contributed by atoms with Crippen LogP contribution in [0.1, 0.15) is 33.5 Å². The number of fused-ring (bicyclic) bond motifs is 1. The van der Waals surface area contributed by atoms with Crippen molar-refractivity contribution in [1.29, 1.82) is 0 Å². The summed E-state index contributed by atoms with van der Waals surface area (Å²) < 4.78 is 43.9. The number of ether oxygens (including phenoxy) is 1. The van der Waals surface area contributed by atoms with Gasteiger partial charge in [0.05, 0.1) is 5.56 Å². The van der Waals surface area contributed by atoms with E-state index in [1.807, 2.05) is 12.1 Å². The number of halogens is 3. The highest BCUT2D eigenvalue weighted by molar-refractivity contribution is 6.08. The summed E-state index contributed by atoms with van der Waals surface area (Å²) in [5.74, 6) is -0.299. The number of hydrogen-bond acceptors (Lipinski definition) is 3. The van der Waals surface area contributed by atoms with Crippen LogP contribution in [0.15, 0.2) is 66.7 Å². The zero-order valence-corrected chi connectivity index (χ0v) is 19.0. The van der Waals surface area contributed by atoms with Crippen molar-refractivity contribution < 1.29 is 22.7 Å². The van der Waals surface area contributed by atoms with E-state index in [0.29, 0.717) is 22.4 Å². The topological polar surface area (TPSA) is 41.6 Å². The molecule has 1 aliphatic rings. The first-order valence-corrected chi connectivity index (χ1v) is 11.3. The number of anilines is 1. The Morgan fingerprint density at radius 3 is 2.53 bits per heavy atom. The normalized spacial score (nSPS) is 14.0. The van der Waals surface area contributed by atoms with Crippen molar-refractivity contribution in [2.45, 2.75) is 25.6 Å². The van der Waals surface area contributed by atoms with E-state index in [1.54, 1.807) is 31.4 Å². The molecule has 4 nitrogen and oxygen atoms in total. The summed E-state index contributed by atoms with van der Waals surface area (Å²) in [6.45, 7) is 3.59. The SMILES string of the molecule is COCCCN1CCc2cc(NC(=O)c3ccccc3-c3ccc(C(F)(F)F)cc3)ccc2C1. The fraction of sp³-hybridized carbons (Fsp3) is 0.296. The standard InChI is InChI=1S/C27H27F3N2O2/c1-34-16-4-14-32-15-13-20-17-23(12-9-21(20)18-32)31-26(33)25-6-3-2-5-24(25)19-7-10-22(11-8-19)27(28,29)30/h2-3,5-12,17H,4,13-16,18H2,1H3,(H,31,33). The van der Waals surface area contributed by atoms with Gasteiger partial charge in [-0.3, -0.25) is 9.69 Å². The third-order valence-corrected chi connectivity index (χ3v) is 6.07. The van der Waals surface area contributed by atoms with Gasteiger partial charge in [0.25, 0.3) is 5.91 Å². The van der Waals surface area contributed by atoms with E-state index in [1.165, 1.54) is 23.3 Å². The van der Waals surface area contributed by atoms with Crippen LogP contribution in [0.5, 0.6) is 0 Å². The minimum Gasteiger partial charge on any atom is -0.385 e. The van der Waals surface area contributed by atoms with Crippen LogP contribution in [0.3, 0.4) is 0 Å². The monoisotopic (exact) mass is 468 g/mol. The second-order valence-corrected chi connectivity index (χ2v) is 8.43. The molecule has 0 atom stereocenters. The number of hydrogen-bond donors (Lipinski definition) is 1. The van der Waals surface area contributed by atoms with Gasteiger partial charge in [-0.15, -0.1) is 0 Å². The Hall–Kier alpha value is -3.16. The van der Waals surface area contributed by atoms with Crippen molar-refractivity contribution >= 4 is 11.6 Å². The van der Waals surface area contributed by atoms with Gasteiger partial charge in [0, 0.05) is 44.6 Å². The van der Waals surface area contributed by atoms with E-state index in [-0.39, 0.29) is 5.91 Å². The average Bonchev–Trinajstić information content (AvgIpc) is 2.84. The van der Waals surface area contributed by atoms with Crippen molar-refractivity contribution in [3.63, 3.8) is 0 Å². The molecule has 1 N–H and O–H groups in total. The van der Waals surface area contributed by atoms with Gasteiger partial charge in [0.2, 0.25) is 0 Å². The van der Waals surface area contributed by atoms with Crippen molar-refractivity contribution in [2.75, 3.05) is 32.1 Å². The largest absolute Gasteiger partial charge is 0.416 e. The number of carbonyl (C=O) groups is 1. The van der Waals surface area contributed by atoms with Gasteiger partial charge in [-0.1, -0.05) is 36.4 Å². The number of rotatable bonds is 7. The molecule has 0 saturated carbocycles. The van der Waals surface area contributed by atoms with E-state index in [0.717, 1.165) is 51.2 Å². The molecule has 0 radical (unpaired) electrons. The molecular weight excluding hydrogens is 441 g/mol. The first-order chi connectivity index (χ1) is 16.3. The van der Waals surface area contributed by atoms with Crippen LogP contribution in [-0.4, -0.2) is 37.6 Å². The molecule has 0 unspecified atom stereocenters. The van der Waals surface area contributed by atoms with Crippen LogP contribution in [-0.2, 0) is 23.9 Å². The van der Waals surface area contributed by atoms with Gasteiger partial charge in [-0.2, -0.15) is 13.2 Å². The maximum atomic E-state index is 13.1. The zero-order valence-electron chi connectivity index (χ0n) is 19.0. The number of nitrogens with one attached hydrogen (secondary N) is 1. The highest BCUT2D eigenvalue weighted by Gasteiger charge is 2.30. The Kier molecular flexibility index (Phi) is 7.34. The Labute approximate surface area is 197 Å². The van der Waals surface area contributed by atoms with Crippen LogP contribution < -0.4 is 5.32 Å². The van der Waals surface area contributed by atoms with Gasteiger partial charge >= 0.3 is 6.18 Å². The number of amides is 1. The zero-order chi connectivity index (χ0) is 24.1. The summed E-state index contributed by atoms with van der Waals surface area (Å²) in [4.78, 5) is 15.5. The maximum absolute atomic E-state index is 13.1.